The van der Waals surface area contributed by atoms with E-state index in [4.69, 9.17) is 4.74 Å². The van der Waals surface area contributed by atoms with E-state index in [-0.39, 0.29) is 11.9 Å². The molecular formula is C23H29NO3. The monoisotopic (exact) mass is 367 g/mol. The van der Waals surface area contributed by atoms with Gasteiger partial charge in [0.1, 0.15) is 0 Å². The van der Waals surface area contributed by atoms with E-state index in [2.05, 4.69) is 17.0 Å². The third-order valence-corrected chi connectivity index (χ3v) is 5.21. The average molecular weight is 367 g/mol. The summed E-state index contributed by atoms with van der Waals surface area (Å²) in [6.07, 6.45) is 1.86. The number of carbonyl (C=O) groups excluding carboxylic acids is 1. The molecule has 1 saturated heterocycles. The van der Waals surface area contributed by atoms with Crippen molar-refractivity contribution in [1.29, 1.82) is 0 Å². The zero-order valence-corrected chi connectivity index (χ0v) is 16.2. The van der Waals surface area contributed by atoms with E-state index < -0.39 is 6.10 Å². The van der Waals surface area contributed by atoms with E-state index >= 15 is 0 Å². The van der Waals surface area contributed by atoms with Gasteiger partial charge >= 0.3 is 0 Å². The molecule has 1 heterocycles. The number of Topliss-reactive ketones (excluding diaryl/α,β-unsaturated/α-hetero) is 1. The summed E-state index contributed by atoms with van der Waals surface area (Å²) in [5, 5.41) is 10.3. The number of nitrogens with zero attached hydrogens (tertiary/aromatic N) is 1. The molecule has 4 nitrogen and oxygen atoms in total. The number of carbonyl (C=O) groups is 1. The van der Waals surface area contributed by atoms with Crippen LogP contribution < -0.4 is 0 Å². The molecule has 144 valence electrons. The summed E-state index contributed by atoms with van der Waals surface area (Å²) < 4.78 is 5.99. The van der Waals surface area contributed by atoms with Crippen molar-refractivity contribution in [2.45, 2.75) is 38.9 Å². The van der Waals surface area contributed by atoms with Crippen LogP contribution in [0.15, 0.2) is 48.5 Å². The van der Waals surface area contributed by atoms with Crippen LogP contribution in [-0.4, -0.2) is 48.1 Å². The Bertz CT molecular complexity index is 750. The largest absolute Gasteiger partial charge is 0.389 e. The number of benzene rings is 2. The number of likely N-dealkylation sites (tertiary alicyclic amines) is 1. The molecule has 2 unspecified atom stereocenters. The number of aliphatic hydroxyl groups excluding tert-OH is 1. The number of β-amino-alcohol motifs (C(OH)–C–C–N with tert-alkyl or cyclic N) is 1. The van der Waals surface area contributed by atoms with E-state index in [9.17, 15) is 9.90 Å². The van der Waals surface area contributed by atoms with Crippen LogP contribution in [0.5, 0.6) is 0 Å². The molecule has 2 aromatic rings. The van der Waals surface area contributed by atoms with Crippen molar-refractivity contribution in [3.05, 3.63) is 59.7 Å². The molecule has 0 spiro atoms. The standard InChI is InChI=1S/C23H29NO3/c1-17(25)19-9-11-20(12-10-19)23-8-4-3-7-22(23)18(2)27-16-21(26)15-24-13-5-6-14-24/h3-4,7-12,18,21,26H,5-6,13-16H2,1-2H3. The third-order valence-electron chi connectivity index (χ3n) is 5.21. The fraction of sp³-hybridized carbons (Fsp3) is 0.435. The summed E-state index contributed by atoms with van der Waals surface area (Å²) in [5.74, 6) is 0.0681. The lowest BCUT2D eigenvalue weighted by molar-refractivity contribution is -0.0131. The second kappa shape index (κ2) is 9.27. The molecular weight excluding hydrogens is 338 g/mol. The predicted molar refractivity (Wildman–Crippen MR) is 108 cm³/mol. The summed E-state index contributed by atoms with van der Waals surface area (Å²) in [6, 6.07) is 15.8. The van der Waals surface area contributed by atoms with Gasteiger partial charge in [0.2, 0.25) is 0 Å². The zero-order valence-electron chi connectivity index (χ0n) is 16.2. The lowest BCUT2D eigenvalue weighted by Crippen LogP contribution is -2.33. The second-order valence-corrected chi connectivity index (χ2v) is 7.36. The Balaban J connectivity index is 1.66. The van der Waals surface area contributed by atoms with Crippen molar-refractivity contribution in [1.82, 2.24) is 4.90 Å². The summed E-state index contributed by atoms with van der Waals surface area (Å²) in [4.78, 5) is 13.8. The first-order chi connectivity index (χ1) is 13.0. The van der Waals surface area contributed by atoms with Crippen molar-refractivity contribution in [3.8, 4) is 11.1 Å². The Morgan fingerprint density at radius 2 is 1.78 bits per heavy atom. The Labute approximate surface area is 161 Å². The Morgan fingerprint density at radius 3 is 2.44 bits per heavy atom. The lowest BCUT2D eigenvalue weighted by atomic mass is 9.95. The number of aliphatic hydroxyl groups is 1. The Hall–Kier alpha value is -2.01. The predicted octanol–water partition coefficient (Wildman–Crippen LogP) is 4.09. The minimum atomic E-state index is -0.465. The third kappa shape index (κ3) is 5.25. The second-order valence-electron chi connectivity index (χ2n) is 7.36. The van der Waals surface area contributed by atoms with Crippen LogP contribution in [0.1, 0.15) is 48.7 Å². The van der Waals surface area contributed by atoms with Crippen molar-refractivity contribution in [2.24, 2.45) is 0 Å². The molecule has 1 fully saturated rings. The van der Waals surface area contributed by atoms with E-state index in [1.54, 1.807) is 6.92 Å². The fourth-order valence-electron chi connectivity index (χ4n) is 3.66. The molecule has 0 aliphatic carbocycles. The topological polar surface area (TPSA) is 49.8 Å². The molecule has 2 atom stereocenters. The molecule has 0 radical (unpaired) electrons. The van der Waals surface area contributed by atoms with Crippen LogP contribution in [0, 0.1) is 0 Å². The maximum atomic E-state index is 11.5. The van der Waals surface area contributed by atoms with Gasteiger partial charge in [0.25, 0.3) is 0 Å². The fourth-order valence-corrected chi connectivity index (χ4v) is 3.66. The SMILES string of the molecule is CC(=O)c1ccc(-c2ccccc2C(C)OCC(O)CN2CCCC2)cc1. The minimum absolute atomic E-state index is 0.0681. The average Bonchev–Trinajstić information content (AvgIpc) is 3.19. The lowest BCUT2D eigenvalue weighted by Gasteiger charge is -2.22. The molecule has 1 N–H and O–H groups in total. The van der Waals surface area contributed by atoms with E-state index in [0.29, 0.717) is 18.7 Å². The smallest absolute Gasteiger partial charge is 0.159 e. The van der Waals surface area contributed by atoms with Crippen molar-refractivity contribution >= 4 is 5.78 Å². The molecule has 0 saturated carbocycles. The Morgan fingerprint density at radius 1 is 1.11 bits per heavy atom. The van der Waals surface area contributed by atoms with E-state index in [1.165, 1.54) is 12.8 Å². The van der Waals surface area contributed by atoms with Gasteiger partial charge in [-0.05, 0) is 56.5 Å². The zero-order chi connectivity index (χ0) is 19.2. The molecule has 3 rings (SSSR count). The van der Waals surface area contributed by atoms with Gasteiger partial charge in [-0.3, -0.25) is 4.79 Å². The molecule has 4 heteroatoms. The molecule has 0 bridgehead atoms. The summed E-state index contributed by atoms with van der Waals surface area (Å²) in [6.45, 7) is 6.76. The van der Waals surface area contributed by atoms with E-state index in [0.717, 1.165) is 29.8 Å². The summed E-state index contributed by atoms with van der Waals surface area (Å²) in [7, 11) is 0. The number of ketones is 1. The number of ether oxygens (including phenoxy) is 1. The van der Waals surface area contributed by atoms with Crippen molar-refractivity contribution in [3.63, 3.8) is 0 Å². The van der Waals surface area contributed by atoms with Crippen LogP contribution in [0.25, 0.3) is 11.1 Å². The van der Waals surface area contributed by atoms with Gasteiger partial charge in [-0.1, -0.05) is 48.5 Å². The molecule has 27 heavy (non-hydrogen) atoms. The molecule has 0 amide bonds. The van der Waals surface area contributed by atoms with Gasteiger partial charge in [-0.2, -0.15) is 0 Å². The van der Waals surface area contributed by atoms with Crippen LogP contribution in [0.2, 0.25) is 0 Å². The molecule has 2 aromatic carbocycles. The van der Waals surface area contributed by atoms with Gasteiger partial charge in [0.15, 0.2) is 5.78 Å². The van der Waals surface area contributed by atoms with Crippen LogP contribution >= 0.6 is 0 Å². The van der Waals surface area contributed by atoms with Gasteiger partial charge in [0.05, 0.1) is 18.8 Å². The van der Waals surface area contributed by atoms with Crippen LogP contribution in [0.3, 0.4) is 0 Å². The normalized spacial score (nSPS) is 17.0. The molecule has 0 aromatic heterocycles. The van der Waals surface area contributed by atoms with Crippen molar-refractivity contribution < 1.29 is 14.6 Å². The van der Waals surface area contributed by atoms with Crippen LogP contribution in [0.4, 0.5) is 0 Å². The number of hydrogen-bond acceptors (Lipinski definition) is 4. The number of rotatable bonds is 8. The highest BCUT2D eigenvalue weighted by Crippen LogP contribution is 2.30. The first-order valence-corrected chi connectivity index (χ1v) is 9.77. The van der Waals surface area contributed by atoms with E-state index in [1.807, 2.05) is 43.3 Å². The number of hydrogen-bond donors (Lipinski definition) is 1. The molecule has 1 aliphatic rings. The van der Waals surface area contributed by atoms with Gasteiger partial charge < -0.3 is 14.7 Å². The maximum absolute atomic E-state index is 11.5. The quantitative estimate of drug-likeness (QED) is 0.714. The van der Waals surface area contributed by atoms with Crippen LogP contribution in [-0.2, 0) is 4.74 Å². The highest BCUT2D eigenvalue weighted by atomic mass is 16.5. The van der Waals surface area contributed by atoms with Gasteiger partial charge in [-0.15, -0.1) is 0 Å². The highest BCUT2D eigenvalue weighted by molar-refractivity contribution is 5.94. The summed E-state index contributed by atoms with van der Waals surface area (Å²) >= 11 is 0. The first-order valence-electron chi connectivity index (χ1n) is 9.77. The maximum Gasteiger partial charge on any atom is 0.159 e. The first kappa shape index (κ1) is 19.7. The molecule has 1 aliphatic heterocycles. The van der Waals surface area contributed by atoms with Gasteiger partial charge in [-0.25, -0.2) is 0 Å². The summed E-state index contributed by atoms with van der Waals surface area (Å²) in [5.41, 5.74) is 3.95. The highest BCUT2D eigenvalue weighted by Gasteiger charge is 2.18. The van der Waals surface area contributed by atoms with Crippen molar-refractivity contribution in [2.75, 3.05) is 26.2 Å². The minimum Gasteiger partial charge on any atom is -0.389 e. The Kier molecular flexibility index (Phi) is 6.78. The van der Waals surface area contributed by atoms with Gasteiger partial charge in [0, 0.05) is 12.1 Å².